The molecule has 0 heterocycles. The van der Waals surface area contributed by atoms with Crippen molar-refractivity contribution in [2.45, 2.75) is 13.0 Å². The number of rotatable bonds is 6. The molecule has 2 aromatic carbocycles. The summed E-state index contributed by atoms with van der Waals surface area (Å²) in [6, 6.07) is 14.4. The molecule has 0 aliphatic carbocycles. The highest BCUT2D eigenvalue weighted by molar-refractivity contribution is 6.04. The monoisotopic (exact) mass is 311 g/mol. The molecule has 1 atom stereocenters. The summed E-state index contributed by atoms with van der Waals surface area (Å²) >= 11 is 0. The number of carbonyl (C=O) groups is 1. The first-order valence-electron chi connectivity index (χ1n) is 7.32. The molecule has 2 rings (SSSR count). The molecule has 4 N–H and O–H groups in total. The number of carbonyl (C=O) groups excluding carboxylic acids is 1. The van der Waals surface area contributed by atoms with Crippen molar-refractivity contribution in [1.82, 2.24) is 5.32 Å². The maximum absolute atomic E-state index is 12.5. The molecule has 0 saturated heterocycles. The summed E-state index contributed by atoms with van der Waals surface area (Å²) in [5.74, 6) is -0.224. The van der Waals surface area contributed by atoms with Crippen LogP contribution in [0.4, 0.5) is 5.69 Å². The Labute approximate surface area is 136 Å². The number of ether oxygens (including phenoxy) is 1. The summed E-state index contributed by atoms with van der Waals surface area (Å²) in [5, 5.41) is 10.7. The maximum Gasteiger partial charge on any atom is 0.251 e. The molecule has 1 unspecified atom stereocenters. The van der Waals surface area contributed by atoms with Crippen LogP contribution in [-0.2, 0) is 4.74 Å². The molecule has 0 aliphatic heterocycles. The van der Waals surface area contributed by atoms with Crippen LogP contribution in [0.3, 0.4) is 0 Å². The van der Waals surface area contributed by atoms with E-state index in [4.69, 9.17) is 15.9 Å². The molecular formula is C18H21N3O2. The summed E-state index contributed by atoms with van der Waals surface area (Å²) in [6.45, 7) is 2.02. The predicted molar refractivity (Wildman–Crippen MR) is 91.9 cm³/mol. The quantitative estimate of drug-likeness (QED) is 0.566. The first kappa shape index (κ1) is 16.7. The number of hydrogen-bond donors (Lipinski definition) is 3. The highest BCUT2D eigenvalue weighted by atomic mass is 16.5. The zero-order valence-electron chi connectivity index (χ0n) is 13.3. The second-order valence-electron chi connectivity index (χ2n) is 5.32. The molecule has 0 bridgehead atoms. The van der Waals surface area contributed by atoms with Crippen molar-refractivity contribution in [3.63, 3.8) is 0 Å². The van der Waals surface area contributed by atoms with Gasteiger partial charge in [-0.05, 0) is 30.7 Å². The van der Waals surface area contributed by atoms with Gasteiger partial charge in [-0.15, -0.1) is 0 Å². The standard InChI is InChI=1S/C18H21N3O2/c1-12(19)15-10-14(8-9-16(15)20)18(22)21-17(11-23-2)13-6-4-3-5-7-13/h3-10,17,19H,11,20H2,1-2H3,(H,21,22). The minimum absolute atomic E-state index is 0.224. The third-order valence-electron chi connectivity index (χ3n) is 3.56. The van der Waals surface area contributed by atoms with Gasteiger partial charge in [0.1, 0.15) is 0 Å². The fraction of sp³-hybridized carbons (Fsp3) is 0.222. The summed E-state index contributed by atoms with van der Waals surface area (Å²) in [5.41, 5.74) is 8.67. The van der Waals surface area contributed by atoms with E-state index >= 15 is 0 Å². The average Bonchev–Trinajstić information content (AvgIpc) is 2.55. The summed E-state index contributed by atoms with van der Waals surface area (Å²) in [7, 11) is 1.60. The Bertz CT molecular complexity index is 699. The van der Waals surface area contributed by atoms with E-state index in [1.54, 1.807) is 32.2 Å². The van der Waals surface area contributed by atoms with Crippen LogP contribution in [0.1, 0.15) is 34.5 Å². The van der Waals surface area contributed by atoms with Crippen LogP contribution in [0.2, 0.25) is 0 Å². The minimum atomic E-state index is -0.240. The van der Waals surface area contributed by atoms with E-state index in [-0.39, 0.29) is 11.9 Å². The zero-order chi connectivity index (χ0) is 16.8. The molecule has 5 heteroatoms. The van der Waals surface area contributed by atoms with Crippen molar-refractivity contribution in [3.05, 3.63) is 65.2 Å². The molecule has 23 heavy (non-hydrogen) atoms. The number of hydrogen-bond acceptors (Lipinski definition) is 4. The van der Waals surface area contributed by atoms with Crippen molar-refractivity contribution in [3.8, 4) is 0 Å². The van der Waals surface area contributed by atoms with Gasteiger partial charge in [-0.1, -0.05) is 30.3 Å². The molecule has 5 nitrogen and oxygen atoms in total. The third-order valence-corrected chi connectivity index (χ3v) is 3.56. The summed E-state index contributed by atoms with van der Waals surface area (Å²) in [4.78, 5) is 12.5. The van der Waals surface area contributed by atoms with Gasteiger partial charge in [-0.2, -0.15) is 0 Å². The lowest BCUT2D eigenvalue weighted by atomic mass is 10.0. The second-order valence-corrected chi connectivity index (χ2v) is 5.32. The van der Waals surface area contributed by atoms with E-state index in [2.05, 4.69) is 5.32 Å². The SMILES string of the molecule is COCC(NC(=O)c1ccc(N)c(C(C)=N)c1)c1ccccc1. The molecule has 0 radical (unpaired) electrons. The van der Waals surface area contributed by atoms with E-state index < -0.39 is 0 Å². The number of methoxy groups -OCH3 is 1. The molecule has 0 saturated carbocycles. The van der Waals surface area contributed by atoms with Crippen molar-refractivity contribution in [2.24, 2.45) is 0 Å². The van der Waals surface area contributed by atoms with Gasteiger partial charge in [0.05, 0.1) is 12.6 Å². The minimum Gasteiger partial charge on any atom is -0.398 e. The van der Waals surface area contributed by atoms with Gasteiger partial charge in [-0.3, -0.25) is 4.79 Å². The molecule has 1 amide bonds. The van der Waals surface area contributed by atoms with Crippen LogP contribution < -0.4 is 11.1 Å². The van der Waals surface area contributed by atoms with Gasteiger partial charge in [0.25, 0.3) is 5.91 Å². The Hall–Kier alpha value is -2.66. The number of nitrogens with two attached hydrogens (primary N) is 1. The molecule has 120 valence electrons. The van der Waals surface area contributed by atoms with Gasteiger partial charge in [0.2, 0.25) is 0 Å². The van der Waals surface area contributed by atoms with Crippen LogP contribution in [0, 0.1) is 5.41 Å². The Morgan fingerprint density at radius 2 is 1.96 bits per heavy atom. The topological polar surface area (TPSA) is 88.2 Å². The van der Waals surface area contributed by atoms with Crippen molar-refractivity contribution in [1.29, 1.82) is 5.41 Å². The van der Waals surface area contributed by atoms with E-state index in [0.29, 0.717) is 29.1 Å². The normalized spacial score (nSPS) is 11.7. The van der Waals surface area contributed by atoms with Gasteiger partial charge < -0.3 is 21.2 Å². The third kappa shape index (κ3) is 4.17. The smallest absolute Gasteiger partial charge is 0.251 e. The van der Waals surface area contributed by atoms with Gasteiger partial charge in [0, 0.05) is 29.6 Å². The molecule has 0 spiro atoms. The first-order valence-corrected chi connectivity index (χ1v) is 7.32. The second kappa shape index (κ2) is 7.56. The van der Waals surface area contributed by atoms with E-state index in [9.17, 15) is 4.79 Å². The van der Waals surface area contributed by atoms with E-state index in [1.165, 1.54) is 0 Å². The lowest BCUT2D eigenvalue weighted by Crippen LogP contribution is -2.31. The Balaban J connectivity index is 2.22. The van der Waals surface area contributed by atoms with Gasteiger partial charge in [0.15, 0.2) is 0 Å². The first-order chi connectivity index (χ1) is 11.0. The van der Waals surface area contributed by atoms with Gasteiger partial charge >= 0.3 is 0 Å². The highest BCUT2D eigenvalue weighted by Gasteiger charge is 2.16. The average molecular weight is 311 g/mol. The van der Waals surface area contributed by atoms with Crippen molar-refractivity contribution < 1.29 is 9.53 Å². The molecule has 0 aromatic heterocycles. The van der Waals surface area contributed by atoms with Crippen LogP contribution >= 0.6 is 0 Å². The van der Waals surface area contributed by atoms with Crippen molar-refractivity contribution >= 4 is 17.3 Å². The lowest BCUT2D eigenvalue weighted by molar-refractivity contribution is 0.0896. The van der Waals surface area contributed by atoms with E-state index in [1.807, 2.05) is 30.3 Å². The number of nitrogens with one attached hydrogen (secondary N) is 2. The Kier molecular flexibility index (Phi) is 5.49. The number of amides is 1. The lowest BCUT2D eigenvalue weighted by Gasteiger charge is -2.19. The summed E-state index contributed by atoms with van der Waals surface area (Å²) in [6.07, 6.45) is 0. The maximum atomic E-state index is 12.5. The van der Waals surface area contributed by atoms with Crippen LogP contribution in [0.15, 0.2) is 48.5 Å². The van der Waals surface area contributed by atoms with Gasteiger partial charge in [-0.25, -0.2) is 0 Å². The van der Waals surface area contributed by atoms with Crippen LogP contribution in [-0.4, -0.2) is 25.3 Å². The van der Waals surface area contributed by atoms with Crippen molar-refractivity contribution in [2.75, 3.05) is 19.5 Å². The fourth-order valence-corrected chi connectivity index (χ4v) is 2.34. The summed E-state index contributed by atoms with van der Waals surface area (Å²) < 4.78 is 5.21. The highest BCUT2D eigenvalue weighted by Crippen LogP contribution is 2.17. The largest absolute Gasteiger partial charge is 0.398 e. The number of benzene rings is 2. The molecule has 2 aromatic rings. The molecular weight excluding hydrogens is 290 g/mol. The number of anilines is 1. The predicted octanol–water partition coefficient (Wildman–Crippen LogP) is 2.77. The number of nitrogen functional groups attached to an aromatic ring is 1. The van der Waals surface area contributed by atoms with Crippen LogP contribution in [0.5, 0.6) is 0 Å². The van der Waals surface area contributed by atoms with E-state index in [0.717, 1.165) is 5.56 Å². The van der Waals surface area contributed by atoms with Crippen LogP contribution in [0.25, 0.3) is 0 Å². The molecule has 0 fully saturated rings. The zero-order valence-corrected chi connectivity index (χ0v) is 13.3. The molecule has 0 aliphatic rings. The fourth-order valence-electron chi connectivity index (χ4n) is 2.34. The Morgan fingerprint density at radius 3 is 2.57 bits per heavy atom. The Morgan fingerprint density at radius 1 is 1.26 bits per heavy atom.